The highest BCUT2D eigenvalue weighted by Gasteiger charge is 2.31. The number of hydrogen-bond donors (Lipinski definition) is 2. The van der Waals surface area contributed by atoms with Crippen LogP contribution >= 0.6 is 0 Å². The summed E-state index contributed by atoms with van der Waals surface area (Å²) in [6.45, 7) is 8.69. The van der Waals surface area contributed by atoms with Gasteiger partial charge in [-0.15, -0.1) is 0 Å². The summed E-state index contributed by atoms with van der Waals surface area (Å²) in [5, 5.41) is 6.30. The van der Waals surface area contributed by atoms with Gasteiger partial charge in [-0.05, 0) is 30.2 Å². The molecule has 0 fully saturated rings. The molecular weight excluding hydrogens is 450 g/mol. The van der Waals surface area contributed by atoms with Crippen LogP contribution in [-0.2, 0) is 9.53 Å². The molecular formula is C25H31N3O5Si. The molecule has 3 rings (SSSR count). The van der Waals surface area contributed by atoms with Crippen LogP contribution in [-0.4, -0.2) is 44.1 Å². The second-order valence-corrected chi connectivity index (χ2v) is 14.3. The van der Waals surface area contributed by atoms with Crippen molar-refractivity contribution in [1.29, 1.82) is 0 Å². The van der Waals surface area contributed by atoms with E-state index in [0.717, 1.165) is 11.6 Å². The molecule has 2 amide bonds. The number of carbonyl (C=O) groups is 2. The summed E-state index contributed by atoms with van der Waals surface area (Å²) in [5.74, 6) is -1.15. The highest BCUT2D eigenvalue weighted by molar-refractivity contribution is 6.88. The molecule has 2 aromatic carbocycles. The van der Waals surface area contributed by atoms with Gasteiger partial charge in [0.1, 0.15) is 6.04 Å². The Balaban J connectivity index is 1.92. The SMILES string of the molecule is COC(C)c1ccc(C(C(=O)Nc2ccc([Si](C)(C)C)cc2)N(C)C(=O)c2cc(=O)[nH]o2)cc1. The second kappa shape index (κ2) is 10.2. The first-order valence-electron chi connectivity index (χ1n) is 11.0. The molecule has 0 aliphatic carbocycles. The number of likely N-dealkylation sites (N-methyl/N-ethyl adjacent to an activating group) is 1. The molecule has 0 saturated heterocycles. The minimum absolute atomic E-state index is 0.111. The van der Waals surface area contributed by atoms with Gasteiger partial charge in [0.05, 0.1) is 20.2 Å². The fourth-order valence-corrected chi connectivity index (χ4v) is 4.75. The molecule has 8 nitrogen and oxygen atoms in total. The third kappa shape index (κ3) is 5.73. The van der Waals surface area contributed by atoms with Crippen molar-refractivity contribution >= 4 is 30.8 Å². The molecule has 1 heterocycles. The van der Waals surface area contributed by atoms with Crippen LogP contribution in [0, 0.1) is 0 Å². The van der Waals surface area contributed by atoms with Gasteiger partial charge >= 0.3 is 0 Å². The first-order chi connectivity index (χ1) is 16.0. The Morgan fingerprint density at radius 1 is 1.03 bits per heavy atom. The topological polar surface area (TPSA) is 105 Å². The highest BCUT2D eigenvalue weighted by atomic mass is 28.3. The van der Waals surface area contributed by atoms with Crippen LogP contribution in [0.1, 0.15) is 40.8 Å². The standard InChI is InChI=1S/C25H31N3O5Si/c1-16(32-3)17-7-9-18(10-8-17)23(28(2)25(31)21-15-22(29)27-33-21)24(30)26-19-11-13-20(14-12-19)34(4,5)6/h7-16,23H,1-6H3,(H,26,30)(H,27,29). The van der Waals surface area contributed by atoms with Gasteiger partial charge in [0.2, 0.25) is 5.76 Å². The van der Waals surface area contributed by atoms with Crippen molar-refractivity contribution in [2.75, 3.05) is 19.5 Å². The molecule has 34 heavy (non-hydrogen) atoms. The number of hydrogen-bond acceptors (Lipinski definition) is 5. The van der Waals surface area contributed by atoms with E-state index in [4.69, 9.17) is 9.26 Å². The van der Waals surface area contributed by atoms with E-state index < -0.39 is 25.6 Å². The molecule has 0 spiro atoms. The largest absolute Gasteiger partial charge is 0.377 e. The minimum atomic E-state index is -1.47. The zero-order valence-corrected chi connectivity index (χ0v) is 21.3. The number of amides is 2. The van der Waals surface area contributed by atoms with Crippen LogP contribution in [0.5, 0.6) is 0 Å². The van der Waals surface area contributed by atoms with Crippen molar-refractivity contribution in [1.82, 2.24) is 10.1 Å². The fraction of sp³-hybridized carbons (Fsp3) is 0.320. The quantitative estimate of drug-likeness (QED) is 0.478. The number of carbonyl (C=O) groups excluding carboxylic acids is 2. The molecule has 1 aromatic heterocycles. The predicted molar refractivity (Wildman–Crippen MR) is 134 cm³/mol. The zero-order chi connectivity index (χ0) is 25.0. The Labute approximate surface area is 199 Å². The summed E-state index contributed by atoms with van der Waals surface area (Å²) in [6.07, 6.45) is -0.111. The predicted octanol–water partition coefficient (Wildman–Crippen LogP) is 3.67. The molecule has 0 aliphatic heterocycles. The highest BCUT2D eigenvalue weighted by Crippen LogP contribution is 2.26. The summed E-state index contributed by atoms with van der Waals surface area (Å²) < 4.78 is 10.3. The number of nitrogens with one attached hydrogen (secondary N) is 2. The maximum absolute atomic E-state index is 13.4. The monoisotopic (exact) mass is 481 g/mol. The van der Waals surface area contributed by atoms with Crippen molar-refractivity contribution in [3.63, 3.8) is 0 Å². The van der Waals surface area contributed by atoms with Crippen LogP contribution < -0.4 is 16.1 Å². The van der Waals surface area contributed by atoms with Crippen LogP contribution in [0.3, 0.4) is 0 Å². The summed E-state index contributed by atoms with van der Waals surface area (Å²) in [5.41, 5.74) is 1.66. The van der Waals surface area contributed by atoms with Gasteiger partial charge < -0.3 is 19.5 Å². The van der Waals surface area contributed by atoms with Gasteiger partial charge in [-0.3, -0.25) is 14.4 Å². The van der Waals surface area contributed by atoms with Crippen molar-refractivity contribution in [3.05, 3.63) is 81.8 Å². The Morgan fingerprint density at radius 2 is 1.62 bits per heavy atom. The molecule has 9 heteroatoms. The van der Waals surface area contributed by atoms with Crippen molar-refractivity contribution in [2.45, 2.75) is 38.7 Å². The molecule has 0 radical (unpaired) electrons. The van der Waals surface area contributed by atoms with E-state index in [0.29, 0.717) is 11.3 Å². The van der Waals surface area contributed by atoms with Crippen LogP contribution in [0.2, 0.25) is 19.6 Å². The Bertz CT molecular complexity index is 1190. The maximum atomic E-state index is 13.4. The van der Waals surface area contributed by atoms with E-state index in [1.807, 2.05) is 43.3 Å². The fourth-order valence-electron chi connectivity index (χ4n) is 3.58. The number of aromatic nitrogens is 1. The second-order valence-electron chi connectivity index (χ2n) is 9.26. The average molecular weight is 482 g/mol. The summed E-state index contributed by atoms with van der Waals surface area (Å²) in [4.78, 5) is 39.1. The van der Waals surface area contributed by atoms with Gasteiger partial charge in [0, 0.05) is 19.8 Å². The Hall–Kier alpha value is -3.43. The molecule has 3 aromatic rings. The zero-order valence-electron chi connectivity index (χ0n) is 20.3. The van der Waals surface area contributed by atoms with Crippen molar-refractivity contribution < 1.29 is 18.8 Å². The van der Waals surface area contributed by atoms with Crippen molar-refractivity contribution in [2.24, 2.45) is 0 Å². The molecule has 2 atom stereocenters. The van der Waals surface area contributed by atoms with Crippen molar-refractivity contribution in [3.8, 4) is 0 Å². The molecule has 0 bridgehead atoms. The number of benzene rings is 2. The summed E-state index contributed by atoms with van der Waals surface area (Å²) in [6, 6.07) is 15.2. The molecule has 180 valence electrons. The number of anilines is 1. The summed E-state index contributed by atoms with van der Waals surface area (Å²) in [7, 11) is 1.65. The van der Waals surface area contributed by atoms with Gasteiger partial charge in [0.15, 0.2) is 0 Å². The average Bonchev–Trinajstić information content (AvgIpc) is 3.24. The van der Waals surface area contributed by atoms with E-state index >= 15 is 0 Å². The molecule has 0 saturated carbocycles. The number of rotatable bonds is 8. The molecule has 2 N–H and O–H groups in total. The first kappa shape index (κ1) is 25.2. The Kier molecular flexibility index (Phi) is 7.58. The smallest absolute Gasteiger partial charge is 0.293 e. The van der Waals surface area contributed by atoms with E-state index in [1.165, 1.54) is 17.1 Å². The van der Waals surface area contributed by atoms with E-state index in [-0.39, 0.29) is 17.8 Å². The lowest BCUT2D eigenvalue weighted by Gasteiger charge is -2.27. The van der Waals surface area contributed by atoms with Gasteiger partial charge in [-0.2, -0.15) is 5.16 Å². The Morgan fingerprint density at radius 3 is 2.12 bits per heavy atom. The van der Waals surface area contributed by atoms with Gasteiger partial charge in [-0.25, -0.2) is 0 Å². The number of nitrogens with zero attached hydrogens (tertiary/aromatic N) is 1. The van der Waals surface area contributed by atoms with Crippen LogP contribution in [0.4, 0.5) is 5.69 Å². The van der Waals surface area contributed by atoms with Gasteiger partial charge in [-0.1, -0.05) is 61.2 Å². The van der Waals surface area contributed by atoms with E-state index in [9.17, 15) is 14.4 Å². The maximum Gasteiger partial charge on any atom is 0.293 e. The third-order valence-corrected chi connectivity index (χ3v) is 7.85. The first-order valence-corrected chi connectivity index (χ1v) is 14.5. The lowest BCUT2D eigenvalue weighted by Crippen LogP contribution is -2.39. The van der Waals surface area contributed by atoms with Crippen LogP contribution in [0.25, 0.3) is 0 Å². The van der Waals surface area contributed by atoms with Crippen LogP contribution in [0.15, 0.2) is 63.9 Å². The lowest BCUT2D eigenvalue weighted by molar-refractivity contribution is -0.120. The number of methoxy groups -OCH3 is 1. The number of aromatic amines is 1. The molecule has 2 unspecified atom stereocenters. The summed E-state index contributed by atoms with van der Waals surface area (Å²) >= 11 is 0. The normalized spacial score (nSPS) is 13.2. The van der Waals surface area contributed by atoms with E-state index in [1.54, 1.807) is 19.2 Å². The number of ether oxygens (including phenoxy) is 1. The molecule has 0 aliphatic rings. The van der Waals surface area contributed by atoms with E-state index in [2.05, 4.69) is 30.1 Å². The third-order valence-electron chi connectivity index (χ3n) is 5.78. The minimum Gasteiger partial charge on any atom is -0.377 e. The van der Waals surface area contributed by atoms with Gasteiger partial charge in [0.25, 0.3) is 17.4 Å². The lowest BCUT2D eigenvalue weighted by atomic mass is 10.0. The number of H-pyrrole nitrogens is 1.